The molecule has 2 fully saturated rings. The molecule has 0 N–H and O–H groups in total. The number of carbonyl (C=O) groups is 1. The lowest BCUT2D eigenvalue weighted by Gasteiger charge is -2.42. The van der Waals surface area contributed by atoms with Gasteiger partial charge in [0, 0.05) is 26.2 Å². The zero-order valence-electron chi connectivity index (χ0n) is 17.5. The van der Waals surface area contributed by atoms with Crippen molar-refractivity contribution in [3.05, 3.63) is 41.7 Å². The van der Waals surface area contributed by atoms with Crippen LogP contribution < -0.4 is 4.74 Å². The van der Waals surface area contributed by atoms with Crippen molar-refractivity contribution >= 4 is 5.91 Å². The highest BCUT2D eigenvalue weighted by molar-refractivity contribution is 5.78. The van der Waals surface area contributed by atoms with Crippen LogP contribution in [0.1, 0.15) is 24.5 Å². The molecule has 2 saturated heterocycles. The number of benzene rings is 1. The molecule has 0 saturated carbocycles. The summed E-state index contributed by atoms with van der Waals surface area (Å²) in [6.45, 7) is 5.43. The van der Waals surface area contributed by atoms with E-state index in [1.807, 2.05) is 23.6 Å². The van der Waals surface area contributed by atoms with E-state index in [0.29, 0.717) is 18.9 Å². The van der Waals surface area contributed by atoms with Crippen LogP contribution in [0.3, 0.4) is 0 Å². The number of morpholine rings is 1. The summed E-state index contributed by atoms with van der Waals surface area (Å²) < 4.78 is 26.2. The maximum Gasteiger partial charge on any atom is 0.248 e. The first-order chi connectivity index (χ1) is 14.5. The predicted molar refractivity (Wildman–Crippen MR) is 107 cm³/mol. The molecule has 1 aromatic carbocycles. The molecule has 4 rings (SSSR count). The average Bonchev–Trinajstić information content (AvgIpc) is 3.06. The number of amides is 1. The number of nitrogens with zero attached hydrogens (tertiary/aromatic N) is 5. The highest BCUT2D eigenvalue weighted by atomic mass is 19.1. The number of hydrogen-bond acceptors (Lipinski definition) is 6. The summed E-state index contributed by atoms with van der Waals surface area (Å²) in [4.78, 5) is 21.2. The minimum atomic E-state index is -0.298. The fourth-order valence-corrected chi connectivity index (χ4v) is 4.10. The first-order valence-electron chi connectivity index (χ1n) is 10.4. The number of hydrogen-bond donors (Lipinski definition) is 0. The summed E-state index contributed by atoms with van der Waals surface area (Å²) in [6, 6.07) is 6.13. The molecule has 1 aromatic heterocycles. The van der Waals surface area contributed by atoms with Crippen molar-refractivity contribution in [3.63, 3.8) is 0 Å². The Morgan fingerprint density at radius 3 is 2.63 bits per heavy atom. The zero-order valence-corrected chi connectivity index (χ0v) is 17.5. The van der Waals surface area contributed by atoms with E-state index in [9.17, 15) is 9.18 Å². The molecule has 0 radical (unpaired) electrons. The SMILES string of the molecule is Cc1nc(CN2CCC(N3C[C@@H](COc4ccc(F)cc4)OCC3=O)CC2)n(C)n1. The predicted octanol–water partition coefficient (Wildman–Crippen LogP) is 1.53. The fourth-order valence-electron chi connectivity index (χ4n) is 4.10. The minimum Gasteiger partial charge on any atom is -0.491 e. The van der Waals surface area contributed by atoms with Crippen LogP contribution in [0.2, 0.25) is 0 Å². The van der Waals surface area contributed by atoms with Crippen LogP contribution in [0.15, 0.2) is 24.3 Å². The van der Waals surface area contributed by atoms with Crippen molar-refractivity contribution in [2.24, 2.45) is 7.05 Å². The summed E-state index contributed by atoms with van der Waals surface area (Å²) in [5, 5.41) is 4.31. The molecule has 3 heterocycles. The molecule has 2 aromatic rings. The Kier molecular flexibility index (Phi) is 6.29. The Labute approximate surface area is 175 Å². The maximum absolute atomic E-state index is 13.0. The van der Waals surface area contributed by atoms with E-state index in [1.54, 1.807) is 12.1 Å². The van der Waals surface area contributed by atoms with E-state index in [1.165, 1.54) is 12.1 Å². The van der Waals surface area contributed by atoms with Gasteiger partial charge in [0.25, 0.3) is 0 Å². The van der Waals surface area contributed by atoms with Gasteiger partial charge in [0.05, 0.1) is 13.1 Å². The second-order valence-electron chi connectivity index (χ2n) is 7.95. The van der Waals surface area contributed by atoms with Crippen molar-refractivity contribution in [3.8, 4) is 5.75 Å². The average molecular weight is 417 g/mol. The third-order valence-electron chi connectivity index (χ3n) is 5.73. The van der Waals surface area contributed by atoms with Gasteiger partial charge >= 0.3 is 0 Å². The van der Waals surface area contributed by atoms with Gasteiger partial charge in [-0.15, -0.1) is 0 Å². The van der Waals surface area contributed by atoms with Crippen molar-refractivity contribution in [1.29, 1.82) is 0 Å². The summed E-state index contributed by atoms with van der Waals surface area (Å²) in [6.07, 6.45) is 1.66. The molecule has 1 amide bonds. The lowest BCUT2D eigenvalue weighted by Crippen LogP contribution is -2.55. The number of aromatic nitrogens is 3. The Hall–Kier alpha value is -2.52. The number of carbonyl (C=O) groups excluding carboxylic acids is 1. The second kappa shape index (κ2) is 9.09. The zero-order chi connectivity index (χ0) is 21.1. The van der Waals surface area contributed by atoms with Crippen LogP contribution in [0, 0.1) is 12.7 Å². The molecule has 162 valence electrons. The first-order valence-corrected chi connectivity index (χ1v) is 10.4. The normalized spacial score (nSPS) is 21.2. The van der Waals surface area contributed by atoms with Gasteiger partial charge in [0.1, 0.15) is 42.5 Å². The summed E-state index contributed by atoms with van der Waals surface area (Å²) >= 11 is 0. The van der Waals surface area contributed by atoms with E-state index in [4.69, 9.17) is 9.47 Å². The quantitative estimate of drug-likeness (QED) is 0.710. The molecular formula is C21H28FN5O3. The Morgan fingerprint density at radius 2 is 1.97 bits per heavy atom. The molecular weight excluding hydrogens is 389 g/mol. The lowest BCUT2D eigenvalue weighted by atomic mass is 10.0. The smallest absolute Gasteiger partial charge is 0.248 e. The minimum absolute atomic E-state index is 0.0374. The number of aryl methyl sites for hydroxylation is 2. The van der Waals surface area contributed by atoms with Crippen LogP contribution in [0.4, 0.5) is 4.39 Å². The molecule has 0 bridgehead atoms. The van der Waals surface area contributed by atoms with Crippen LogP contribution in [-0.2, 0) is 23.1 Å². The van der Waals surface area contributed by atoms with Crippen molar-refractivity contribution in [2.75, 3.05) is 32.8 Å². The molecule has 9 heteroatoms. The summed E-state index contributed by atoms with van der Waals surface area (Å²) in [5.41, 5.74) is 0. The lowest BCUT2D eigenvalue weighted by molar-refractivity contribution is -0.155. The van der Waals surface area contributed by atoms with Crippen LogP contribution in [-0.4, -0.2) is 75.5 Å². The van der Waals surface area contributed by atoms with E-state index in [-0.39, 0.29) is 30.5 Å². The third-order valence-corrected chi connectivity index (χ3v) is 5.73. The number of halogens is 1. The van der Waals surface area contributed by atoms with E-state index in [0.717, 1.165) is 44.1 Å². The Balaban J connectivity index is 1.27. The fraction of sp³-hybridized carbons (Fsp3) is 0.571. The molecule has 0 spiro atoms. The van der Waals surface area contributed by atoms with Crippen LogP contribution in [0.5, 0.6) is 5.75 Å². The van der Waals surface area contributed by atoms with Gasteiger partial charge in [0.15, 0.2) is 0 Å². The third kappa shape index (κ3) is 4.96. The number of ether oxygens (including phenoxy) is 2. The van der Waals surface area contributed by atoms with E-state index in [2.05, 4.69) is 15.0 Å². The van der Waals surface area contributed by atoms with Gasteiger partial charge in [-0.3, -0.25) is 14.4 Å². The highest BCUT2D eigenvalue weighted by Gasteiger charge is 2.34. The number of rotatable bonds is 6. The summed E-state index contributed by atoms with van der Waals surface area (Å²) in [7, 11) is 1.92. The van der Waals surface area contributed by atoms with Gasteiger partial charge in [-0.05, 0) is 44.0 Å². The summed E-state index contributed by atoms with van der Waals surface area (Å²) in [5.74, 6) is 2.08. The molecule has 2 aliphatic rings. The van der Waals surface area contributed by atoms with Gasteiger partial charge in [0.2, 0.25) is 5.91 Å². The monoisotopic (exact) mass is 417 g/mol. The van der Waals surface area contributed by atoms with Crippen molar-refractivity contribution in [2.45, 2.75) is 38.5 Å². The topological polar surface area (TPSA) is 72.7 Å². The molecule has 2 aliphatic heterocycles. The molecule has 30 heavy (non-hydrogen) atoms. The van der Waals surface area contributed by atoms with Gasteiger partial charge in [-0.1, -0.05) is 0 Å². The van der Waals surface area contributed by atoms with Gasteiger partial charge < -0.3 is 14.4 Å². The van der Waals surface area contributed by atoms with Gasteiger partial charge in [-0.2, -0.15) is 5.10 Å². The van der Waals surface area contributed by atoms with Crippen LogP contribution >= 0.6 is 0 Å². The molecule has 8 nitrogen and oxygen atoms in total. The maximum atomic E-state index is 13.0. The molecule has 0 unspecified atom stereocenters. The Morgan fingerprint density at radius 1 is 1.23 bits per heavy atom. The molecule has 1 atom stereocenters. The standard InChI is InChI=1S/C21H28FN5O3/c1-15-23-20(25(2)24-15)12-26-9-7-17(8-10-26)27-11-19(30-14-21(27)28)13-29-18-5-3-16(22)4-6-18/h3-6,17,19H,7-14H2,1-2H3/t19-/m0/s1. The van der Waals surface area contributed by atoms with Gasteiger partial charge in [-0.25, -0.2) is 9.37 Å². The van der Waals surface area contributed by atoms with Crippen molar-refractivity contribution < 1.29 is 18.7 Å². The highest BCUT2D eigenvalue weighted by Crippen LogP contribution is 2.22. The largest absolute Gasteiger partial charge is 0.491 e. The van der Waals surface area contributed by atoms with Crippen LogP contribution in [0.25, 0.3) is 0 Å². The molecule has 0 aliphatic carbocycles. The number of likely N-dealkylation sites (tertiary alicyclic amines) is 1. The second-order valence-corrected chi connectivity index (χ2v) is 7.95. The first kappa shape index (κ1) is 20.7. The van der Waals surface area contributed by atoms with E-state index < -0.39 is 0 Å². The number of piperidine rings is 1. The van der Waals surface area contributed by atoms with E-state index >= 15 is 0 Å². The Bertz CT molecular complexity index is 864. The van der Waals surface area contributed by atoms with Crippen molar-refractivity contribution in [1.82, 2.24) is 24.6 Å².